The third-order valence-corrected chi connectivity index (χ3v) is 2.97. The van der Waals surface area contributed by atoms with Crippen molar-refractivity contribution in [2.24, 2.45) is 0 Å². The number of pyridine rings is 1. The summed E-state index contributed by atoms with van der Waals surface area (Å²) in [5.74, 6) is -1.25. The van der Waals surface area contributed by atoms with Gasteiger partial charge in [-0.3, -0.25) is 9.59 Å². The molecule has 100 valence electrons. The van der Waals surface area contributed by atoms with Gasteiger partial charge in [0.25, 0.3) is 5.78 Å². The first-order chi connectivity index (χ1) is 9.65. The fourth-order valence-corrected chi connectivity index (χ4v) is 1.96. The Morgan fingerprint density at radius 1 is 1.35 bits per heavy atom. The number of ketones is 1. The maximum Gasteiger partial charge on any atom is 0.300 e. The third-order valence-electron chi connectivity index (χ3n) is 2.97. The molecule has 0 unspecified atom stereocenters. The normalized spacial score (nSPS) is 13.2. The minimum absolute atomic E-state index is 0.152. The van der Waals surface area contributed by atoms with Crippen LogP contribution in [0.3, 0.4) is 0 Å². The Morgan fingerprint density at radius 3 is 3.00 bits per heavy atom. The predicted molar refractivity (Wildman–Crippen MR) is 69.7 cm³/mol. The highest BCUT2D eigenvalue weighted by atomic mass is 16.5. The fraction of sp³-hybridized carbons (Fsp3) is 0.143. The third kappa shape index (κ3) is 2.11. The summed E-state index contributed by atoms with van der Waals surface area (Å²) in [5, 5.41) is 4.32. The van der Waals surface area contributed by atoms with Crippen LogP contribution in [-0.2, 0) is 4.79 Å². The lowest BCUT2D eigenvalue weighted by Gasteiger charge is -2.16. The maximum absolute atomic E-state index is 12.2. The SMILES string of the molecule is Cc1cccc(C(=O)C(=O)N2C=c3cnoc3=CC2)n1. The van der Waals surface area contributed by atoms with E-state index in [9.17, 15) is 9.59 Å². The second-order valence-corrected chi connectivity index (χ2v) is 4.43. The van der Waals surface area contributed by atoms with Crippen LogP contribution in [0, 0.1) is 6.92 Å². The molecule has 2 aromatic heterocycles. The maximum atomic E-state index is 12.2. The van der Waals surface area contributed by atoms with Crippen molar-refractivity contribution in [2.75, 3.05) is 6.54 Å². The molecule has 0 spiro atoms. The molecule has 0 aliphatic carbocycles. The molecule has 0 aromatic carbocycles. The van der Waals surface area contributed by atoms with Crippen molar-refractivity contribution in [1.82, 2.24) is 15.0 Å². The van der Waals surface area contributed by atoms with E-state index in [1.165, 1.54) is 17.2 Å². The topological polar surface area (TPSA) is 76.3 Å². The molecule has 20 heavy (non-hydrogen) atoms. The Labute approximate surface area is 114 Å². The Hall–Kier alpha value is -2.76. The highest BCUT2D eigenvalue weighted by Gasteiger charge is 2.23. The number of aryl methyl sites for hydroxylation is 1. The highest BCUT2D eigenvalue weighted by molar-refractivity contribution is 6.42. The zero-order valence-electron chi connectivity index (χ0n) is 10.7. The van der Waals surface area contributed by atoms with Crippen LogP contribution < -0.4 is 10.6 Å². The van der Waals surface area contributed by atoms with Crippen molar-refractivity contribution >= 4 is 24.0 Å². The molecule has 0 atom stereocenters. The Balaban J connectivity index is 1.89. The van der Waals surface area contributed by atoms with Crippen LogP contribution in [0.5, 0.6) is 0 Å². The number of Topliss-reactive ketones (excluding diaryl/α,β-unsaturated/α-hetero) is 1. The van der Waals surface area contributed by atoms with E-state index in [0.717, 1.165) is 0 Å². The Bertz CT molecular complexity index is 807. The van der Waals surface area contributed by atoms with Gasteiger partial charge >= 0.3 is 5.91 Å². The van der Waals surface area contributed by atoms with Gasteiger partial charge in [0.1, 0.15) is 5.69 Å². The molecular weight excluding hydrogens is 258 g/mol. The van der Waals surface area contributed by atoms with Crippen molar-refractivity contribution in [2.45, 2.75) is 6.92 Å². The van der Waals surface area contributed by atoms with Gasteiger partial charge in [0.2, 0.25) is 0 Å². The van der Waals surface area contributed by atoms with Crippen LogP contribution >= 0.6 is 0 Å². The molecule has 2 aromatic rings. The quantitative estimate of drug-likeness (QED) is 0.549. The molecule has 0 bridgehead atoms. The zero-order valence-corrected chi connectivity index (χ0v) is 10.7. The van der Waals surface area contributed by atoms with Crippen molar-refractivity contribution < 1.29 is 14.1 Å². The molecule has 3 rings (SSSR count). The van der Waals surface area contributed by atoms with E-state index >= 15 is 0 Å². The van der Waals surface area contributed by atoms with E-state index in [2.05, 4.69) is 10.1 Å². The van der Waals surface area contributed by atoms with Crippen LogP contribution in [0.1, 0.15) is 16.2 Å². The Morgan fingerprint density at radius 2 is 2.20 bits per heavy atom. The number of hydrogen-bond acceptors (Lipinski definition) is 5. The van der Waals surface area contributed by atoms with E-state index in [0.29, 0.717) is 16.3 Å². The van der Waals surface area contributed by atoms with Gasteiger partial charge in [-0.25, -0.2) is 4.98 Å². The van der Waals surface area contributed by atoms with E-state index < -0.39 is 11.7 Å². The summed E-state index contributed by atoms with van der Waals surface area (Å²) in [6, 6.07) is 5.00. The van der Waals surface area contributed by atoms with Crippen LogP contribution in [0.2, 0.25) is 0 Å². The van der Waals surface area contributed by atoms with Gasteiger partial charge in [-0.2, -0.15) is 0 Å². The molecule has 0 fully saturated rings. The van der Waals surface area contributed by atoms with Gasteiger partial charge < -0.3 is 9.42 Å². The molecule has 6 nitrogen and oxygen atoms in total. The molecule has 1 aliphatic heterocycles. The number of aromatic nitrogens is 2. The van der Waals surface area contributed by atoms with Crippen molar-refractivity contribution in [1.29, 1.82) is 0 Å². The lowest BCUT2D eigenvalue weighted by molar-refractivity contribution is -0.122. The monoisotopic (exact) mass is 269 g/mol. The number of hydrogen-bond donors (Lipinski definition) is 0. The number of amides is 1. The number of carbonyl (C=O) groups excluding carboxylic acids is 2. The van der Waals surface area contributed by atoms with Gasteiger partial charge in [-0.15, -0.1) is 0 Å². The minimum Gasteiger partial charge on any atom is -0.357 e. The average molecular weight is 269 g/mol. The zero-order chi connectivity index (χ0) is 14.1. The van der Waals surface area contributed by atoms with Gasteiger partial charge in [-0.05, 0) is 25.1 Å². The summed E-state index contributed by atoms with van der Waals surface area (Å²) < 4.78 is 4.97. The first-order valence-corrected chi connectivity index (χ1v) is 6.07. The predicted octanol–water partition coefficient (Wildman–Crippen LogP) is -0.378. The fourth-order valence-electron chi connectivity index (χ4n) is 1.96. The highest BCUT2D eigenvalue weighted by Crippen LogP contribution is 2.04. The van der Waals surface area contributed by atoms with Gasteiger partial charge in [0.05, 0.1) is 11.4 Å². The van der Waals surface area contributed by atoms with Crippen molar-refractivity contribution in [3.05, 3.63) is 46.4 Å². The number of nitrogens with zero attached hydrogens (tertiary/aromatic N) is 3. The first-order valence-electron chi connectivity index (χ1n) is 6.07. The van der Waals surface area contributed by atoms with Gasteiger partial charge in [0.15, 0.2) is 5.42 Å². The van der Waals surface area contributed by atoms with Gasteiger partial charge in [-0.1, -0.05) is 11.2 Å². The summed E-state index contributed by atoms with van der Waals surface area (Å²) >= 11 is 0. The van der Waals surface area contributed by atoms with E-state index in [1.807, 2.05) is 0 Å². The molecule has 0 saturated carbocycles. The molecule has 1 amide bonds. The van der Waals surface area contributed by atoms with Crippen LogP contribution in [-0.4, -0.2) is 33.3 Å². The van der Waals surface area contributed by atoms with Crippen molar-refractivity contribution in [3.63, 3.8) is 0 Å². The molecule has 3 heterocycles. The van der Waals surface area contributed by atoms with Crippen LogP contribution in [0.25, 0.3) is 12.3 Å². The lowest BCUT2D eigenvalue weighted by atomic mass is 10.2. The number of carbonyl (C=O) groups is 2. The van der Waals surface area contributed by atoms with E-state index in [4.69, 9.17) is 4.52 Å². The molecule has 0 N–H and O–H groups in total. The molecular formula is C14H11N3O3. The Kier molecular flexibility index (Phi) is 2.90. The summed E-state index contributed by atoms with van der Waals surface area (Å²) in [7, 11) is 0. The number of fused-ring (bicyclic) bond motifs is 1. The summed E-state index contributed by atoms with van der Waals surface area (Å²) in [6.45, 7) is 2.05. The smallest absolute Gasteiger partial charge is 0.300 e. The lowest BCUT2D eigenvalue weighted by Crippen LogP contribution is -2.39. The molecule has 6 heteroatoms. The standard InChI is InChI=1S/C14H11N3O3/c1-9-3-2-4-11(16-9)13(18)14(19)17-6-5-12-10(8-17)7-15-20-12/h2-5,7-8H,6H2,1H3. The summed E-state index contributed by atoms with van der Waals surface area (Å²) in [5.41, 5.74) is 1.45. The van der Waals surface area contributed by atoms with E-state index in [1.54, 1.807) is 31.3 Å². The van der Waals surface area contributed by atoms with Crippen LogP contribution in [0.15, 0.2) is 28.9 Å². The average Bonchev–Trinajstić information content (AvgIpc) is 2.93. The first kappa shape index (κ1) is 12.3. The second-order valence-electron chi connectivity index (χ2n) is 4.43. The molecule has 0 saturated heterocycles. The van der Waals surface area contributed by atoms with Gasteiger partial charge in [0, 0.05) is 18.4 Å². The number of rotatable bonds is 2. The largest absolute Gasteiger partial charge is 0.357 e. The van der Waals surface area contributed by atoms with Crippen molar-refractivity contribution in [3.8, 4) is 0 Å². The molecule has 0 radical (unpaired) electrons. The summed E-state index contributed by atoms with van der Waals surface area (Å²) in [4.78, 5) is 29.7. The minimum atomic E-state index is -0.627. The van der Waals surface area contributed by atoms with Crippen LogP contribution in [0.4, 0.5) is 0 Å². The van der Waals surface area contributed by atoms with E-state index in [-0.39, 0.29) is 12.2 Å². The summed E-state index contributed by atoms with van der Waals surface area (Å²) in [6.07, 6.45) is 4.76. The molecule has 1 aliphatic rings. The second kappa shape index (κ2) is 4.73.